The van der Waals surface area contributed by atoms with Crippen LogP contribution in [0.4, 0.5) is 0 Å². The van der Waals surface area contributed by atoms with Crippen molar-refractivity contribution in [2.45, 2.75) is 9.79 Å². The fourth-order valence-electron chi connectivity index (χ4n) is 2.98. The van der Waals surface area contributed by atoms with Crippen LogP contribution in [0.25, 0.3) is 22.3 Å². The molecule has 4 rings (SSSR count). The number of nitrogens with two attached hydrogens (primary N) is 1. The highest BCUT2D eigenvalue weighted by Crippen LogP contribution is 2.28. The van der Waals surface area contributed by atoms with Gasteiger partial charge in [0.25, 0.3) is 15.9 Å². The molecule has 0 fully saturated rings. The van der Waals surface area contributed by atoms with E-state index >= 15 is 0 Å². The van der Waals surface area contributed by atoms with Crippen LogP contribution in [0.1, 0.15) is 10.4 Å². The van der Waals surface area contributed by atoms with Crippen LogP contribution in [0.15, 0.2) is 93.1 Å². The fourth-order valence-corrected chi connectivity index (χ4v) is 5.10. The lowest BCUT2D eigenvalue weighted by Gasteiger charge is -2.10. The summed E-state index contributed by atoms with van der Waals surface area (Å²) in [6.45, 7) is 0. The number of para-hydroxylation sites is 1. The van der Waals surface area contributed by atoms with Crippen LogP contribution in [0.3, 0.4) is 0 Å². The van der Waals surface area contributed by atoms with Gasteiger partial charge in [-0.2, -0.15) is 0 Å². The van der Waals surface area contributed by atoms with E-state index in [0.29, 0.717) is 5.76 Å². The van der Waals surface area contributed by atoms with Gasteiger partial charge in [0.2, 0.25) is 0 Å². The lowest BCUT2D eigenvalue weighted by Crippen LogP contribution is -2.31. The highest BCUT2D eigenvalue weighted by Gasteiger charge is 2.23. The number of carbonyl (C=O) groups excluding carboxylic acids is 1. The van der Waals surface area contributed by atoms with Crippen molar-refractivity contribution in [1.29, 1.82) is 0 Å². The minimum atomic E-state index is -4.25. The zero-order chi connectivity index (χ0) is 21.3. The van der Waals surface area contributed by atoms with Crippen LogP contribution < -0.4 is 9.86 Å². The number of fused-ring (bicyclic) bond motifs is 1. The Bertz CT molecular complexity index is 1340. The molecule has 3 aromatic carbocycles. The maximum Gasteiger partial charge on any atom is 0.265 e. The molecule has 7 nitrogen and oxygen atoms in total. The average molecular weight is 441 g/mol. The molecule has 0 aliphatic heterocycles. The zero-order valence-corrected chi connectivity index (χ0v) is 17.1. The average Bonchev–Trinajstić information content (AvgIpc) is 3.18. The quantitative estimate of drug-likeness (QED) is 0.494. The molecule has 152 valence electrons. The van der Waals surface area contributed by atoms with Crippen LogP contribution in [0.5, 0.6) is 0 Å². The second-order valence-electron chi connectivity index (χ2n) is 6.40. The van der Waals surface area contributed by atoms with Crippen molar-refractivity contribution in [1.82, 2.24) is 4.72 Å². The Morgan fingerprint density at radius 1 is 0.933 bits per heavy atom. The van der Waals surface area contributed by atoms with E-state index in [0.717, 1.165) is 16.5 Å². The first kappa shape index (κ1) is 20.0. The summed E-state index contributed by atoms with van der Waals surface area (Å²) in [6, 6.07) is 21.3. The van der Waals surface area contributed by atoms with Gasteiger partial charge in [0.15, 0.2) is 0 Å². The monoisotopic (exact) mass is 440 g/mol. The van der Waals surface area contributed by atoms with Crippen LogP contribution in [-0.4, -0.2) is 18.5 Å². The Labute approximate surface area is 175 Å². The van der Waals surface area contributed by atoms with E-state index in [1.807, 2.05) is 35.1 Å². The second-order valence-corrected chi connectivity index (χ2v) is 9.09. The number of sulfonamides is 1. The summed E-state index contributed by atoms with van der Waals surface area (Å²) in [5.41, 5.74) is 1.63. The molecule has 30 heavy (non-hydrogen) atoms. The molecule has 1 unspecified atom stereocenters. The number of benzene rings is 3. The van der Waals surface area contributed by atoms with Crippen LogP contribution >= 0.6 is 0 Å². The van der Waals surface area contributed by atoms with Gasteiger partial charge in [0.05, 0.1) is 4.90 Å². The first-order valence-electron chi connectivity index (χ1n) is 8.76. The molecule has 0 radical (unpaired) electrons. The molecule has 0 aliphatic rings. The lowest BCUT2D eigenvalue weighted by atomic mass is 10.1. The Morgan fingerprint density at radius 3 is 2.30 bits per heavy atom. The predicted molar refractivity (Wildman–Crippen MR) is 113 cm³/mol. The molecular weight excluding hydrogens is 424 g/mol. The van der Waals surface area contributed by atoms with Gasteiger partial charge in [-0.3, -0.25) is 4.79 Å². The highest BCUT2D eigenvalue weighted by atomic mass is 32.2. The Kier molecular flexibility index (Phi) is 5.25. The summed E-state index contributed by atoms with van der Waals surface area (Å²) in [6.07, 6.45) is 0. The molecule has 0 bridgehead atoms. The molecule has 0 saturated carbocycles. The Balaban J connectivity index is 1.57. The van der Waals surface area contributed by atoms with Crippen LogP contribution in [-0.2, 0) is 21.0 Å². The smallest absolute Gasteiger partial charge is 0.265 e. The number of nitrogens with one attached hydrogen (secondary N) is 1. The van der Waals surface area contributed by atoms with E-state index in [1.165, 1.54) is 36.4 Å². The first-order chi connectivity index (χ1) is 14.3. The summed E-state index contributed by atoms with van der Waals surface area (Å²) < 4.78 is 44.6. The van der Waals surface area contributed by atoms with Gasteiger partial charge in [-0.1, -0.05) is 42.5 Å². The van der Waals surface area contributed by atoms with Crippen molar-refractivity contribution in [2.24, 2.45) is 5.14 Å². The molecule has 1 atom stereocenters. The lowest BCUT2D eigenvalue weighted by molar-refractivity contribution is 0.0981. The summed E-state index contributed by atoms with van der Waals surface area (Å²) in [5.74, 6) is -0.182. The molecule has 0 aliphatic carbocycles. The number of hydrogen-bond donors (Lipinski definition) is 2. The van der Waals surface area contributed by atoms with Crippen molar-refractivity contribution < 1.29 is 21.8 Å². The van der Waals surface area contributed by atoms with Gasteiger partial charge in [-0.25, -0.2) is 22.5 Å². The van der Waals surface area contributed by atoms with E-state index in [9.17, 15) is 17.4 Å². The van der Waals surface area contributed by atoms with Gasteiger partial charge >= 0.3 is 0 Å². The van der Waals surface area contributed by atoms with E-state index in [2.05, 4.69) is 0 Å². The maximum absolute atomic E-state index is 12.6. The van der Waals surface area contributed by atoms with E-state index in [1.54, 1.807) is 12.1 Å². The summed E-state index contributed by atoms with van der Waals surface area (Å²) in [4.78, 5) is 12.1. The van der Waals surface area contributed by atoms with Crippen molar-refractivity contribution in [3.63, 3.8) is 0 Å². The second kappa shape index (κ2) is 7.86. The molecule has 1 amide bonds. The van der Waals surface area contributed by atoms with Gasteiger partial charge < -0.3 is 4.42 Å². The van der Waals surface area contributed by atoms with Gasteiger partial charge in [-0.05, 0) is 36.4 Å². The van der Waals surface area contributed by atoms with Gasteiger partial charge in [0, 0.05) is 16.5 Å². The number of hydrogen-bond acceptors (Lipinski definition) is 5. The first-order valence-corrected chi connectivity index (χ1v) is 11.5. The fraction of sp³-hybridized carbons (Fsp3) is 0. The topological polar surface area (TPSA) is 119 Å². The van der Waals surface area contributed by atoms with E-state index < -0.39 is 26.9 Å². The third-order valence-electron chi connectivity index (χ3n) is 4.44. The molecule has 3 N–H and O–H groups in total. The van der Waals surface area contributed by atoms with Crippen LogP contribution in [0, 0.1) is 0 Å². The van der Waals surface area contributed by atoms with Gasteiger partial charge in [0.1, 0.15) is 27.2 Å². The summed E-state index contributed by atoms with van der Waals surface area (Å²) in [5, 5.41) is 6.29. The minimum absolute atomic E-state index is 0.0852. The Morgan fingerprint density at radius 2 is 1.60 bits per heavy atom. The molecular formula is C21H16N2O5S2. The number of rotatable bonds is 5. The largest absolute Gasteiger partial charge is 0.456 e. The molecule has 1 heterocycles. The SMILES string of the molecule is NS(=O)c1ccccc1S(=O)(=O)NC(=O)c1ccc(-c2cc3ccccc3o2)cc1. The zero-order valence-electron chi connectivity index (χ0n) is 15.4. The molecule has 9 heteroatoms. The summed E-state index contributed by atoms with van der Waals surface area (Å²) in [7, 11) is -6.27. The number of carbonyl (C=O) groups is 1. The highest BCUT2D eigenvalue weighted by molar-refractivity contribution is 7.91. The van der Waals surface area contributed by atoms with E-state index in [-0.39, 0.29) is 15.4 Å². The predicted octanol–water partition coefficient (Wildman–Crippen LogP) is 3.20. The van der Waals surface area contributed by atoms with Crippen molar-refractivity contribution in [2.75, 3.05) is 0 Å². The van der Waals surface area contributed by atoms with Crippen molar-refractivity contribution in [3.8, 4) is 11.3 Å². The third-order valence-corrected chi connectivity index (χ3v) is 6.75. The Hall–Kier alpha value is -3.27. The minimum Gasteiger partial charge on any atom is -0.456 e. The molecule has 0 spiro atoms. The third kappa shape index (κ3) is 3.90. The normalized spacial score (nSPS) is 12.6. The van der Waals surface area contributed by atoms with Gasteiger partial charge in [-0.15, -0.1) is 0 Å². The van der Waals surface area contributed by atoms with Crippen LogP contribution in [0.2, 0.25) is 0 Å². The van der Waals surface area contributed by atoms with Crippen molar-refractivity contribution >= 4 is 37.9 Å². The molecule has 0 saturated heterocycles. The van der Waals surface area contributed by atoms with E-state index in [4.69, 9.17) is 9.56 Å². The molecule has 1 aromatic heterocycles. The molecule has 4 aromatic rings. The van der Waals surface area contributed by atoms with Crippen molar-refractivity contribution in [3.05, 3.63) is 84.4 Å². The maximum atomic E-state index is 12.6. The number of amides is 1. The standard InChI is InChI=1S/C21H16N2O5S2/c22-29(25)19-7-3-4-8-20(19)30(26,27)23-21(24)15-11-9-14(10-12-15)18-13-16-5-1-2-6-17(16)28-18/h1-13H,22H2,(H,23,24). The summed E-state index contributed by atoms with van der Waals surface area (Å²) >= 11 is 0. The number of furan rings is 1.